The SMILES string of the molecule is O=C(N[C@H]1CONC1=O)c1cnc2cc(C3CC3)c(Cl)cc2c1. The first-order chi connectivity index (χ1) is 11.1. The first kappa shape index (κ1) is 14.4. The van der Waals surface area contributed by atoms with Crippen LogP contribution in [0.5, 0.6) is 0 Å². The van der Waals surface area contributed by atoms with Gasteiger partial charge in [-0.3, -0.25) is 19.4 Å². The summed E-state index contributed by atoms with van der Waals surface area (Å²) >= 11 is 6.33. The molecule has 2 amide bonds. The highest BCUT2D eigenvalue weighted by atomic mass is 35.5. The first-order valence-corrected chi connectivity index (χ1v) is 7.81. The molecule has 0 radical (unpaired) electrons. The first-order valence-electron chi connectivity index (χ1n) is 7.43. The quantitative estimate of drug-likeness (QED) is 0.900. The van der Waals surface area contributed by atoms with Crippen molar-refractivity contribution in [3.05, 3.63) is 40.5 Å². The second-order valence-electron chi connectivity index (χ2n) is 5.87. The molecular weight excluding hydrogens is 318 g/mol. The monoisotopic (exact) mass is 331 g/mol. The van der Waals surface area contributed by atoms with Gasteiger partial charge < -0.3 is 5.32 Å². The van der Waals surface area contributed by atoms with Gasteiger partial charge in [-0.25, -0.2) is 5.48 Å². The molecule has 23 heavy (non-hydrogen) atoms. The standard InChI is InChI=1S/C16H14ClN3O3/c17-12-4-9-3-10(15(21)19-14-7-23-20-16(14)22)6-18-13(9)5-11(12)8-1-2-8/h3-6,8,14H,1-2,7H2,(H,19,21)(H,20,22)/t14-/m0/s1. The molecule has 7 heteroatoms. The van der Waals surface area contributed by atoms with Crippen LogP contribution in [-0.4, -0.2) is 29.4 Å². The van der Waals surface area contributed by atoms with E-state index in [0.717, 1.165) is 29.3 Å². The van der Waals surface area contributed by atoms with E-state index in [1.807, 2.05) is 12.1 Å². The van der Waals surface area contributed by atoms with E-state index in [-0.39, 0.29) is 18.4 Å². The molecule has 1 saturated carbocycles. The van der Waals surface area contributed by atoms with Crippen molar-refractivity contribution in [3.63, 3.8) is 0 Å². The highest BCUT2D eigenvalue weighted by Crippen LogP contribution is 2.44. The maximum absolute atomic E-state index is 12.2. The number of carbonyl (C=O) groups excluding carboxylic acids is 2. The van der Waals surface area contributed by atoms with Crippen molar-refractivity contribution in [2.45, 2.75) is 24.8 Å². The van der Waals surface area contributed by atoms with Gasteiger partial charge in [-0.15, -0.1) is 0 Å². The van der Waals surface area contributed by atoms with Crippen LogP contribution in [0, 0.1) is 0 Å². The summed E-state index contributed by atoms with van der Waals surface area (Å²) in [4.78, 5) is 32.8. The Morgan fingerprint density at radius 2 is 2.17 bits per heavy atom. The van der Waals surface area contributed by atoms with Gasteiger partial charge in [0.25, 0.3) is 11.8 Å². The summed E-state index contributed by atoms with van der Waals surface area (Å²) in [6.45, 7) is 0.113. The van der Waals surface area contributed by atoms with Gasteiger partial charge in [0.15, 0.2) is 0 Å². The number of hydrogen-bond donors (Lipinski definition) is 2. The zero-order chi connectivity index (χ0) is 16.0. The second kappa shape index (κ2) is 5.47. The van der Waals surface area contributed by atoms with E-state index in [2.05, 4.69) is 15.8 Å². The fourth-order valence-electron chi connectivity index (χ4n) is 2.69. The van der Waals surface area contributed by atoms with E-state index >= 15 is 0 Å². The molecule has 0 unspecified atom stereocenters. The van der Waals surface area contributed by atoms with Crippen LogP contribution in [0.4, 0.5) is 0 Å². The summed E-state index contributed by atoms with van der Waals surface area (Å²) in [5.41, 5.74) is 4.52. The topological polar surface area (TPSA) is 80.3 Å². The van der Waals surface area contributed by atoms with Gasteiger partial charge >= 0.3 is 0 Å². The molecule has 1 atom stereocenters. The average molecular weight is 332 g/mol. The Kier molecular flexibility index (Phi) is 3.43. The number of hydrogen-bond acceptors (Lipinski definition) is 4. The summed E-state index contributed by atoms with van der Waals surface area (Å²) in [6, 6.07) is 4.89. The van der Waals surface area contributed by atoms with Crippen molar-refractivity contribution >= 4 is 34.3 Å². The van der Waals surface area contributed by atoms with E-state index in [1.54, 1.807) is 6.07 Å². The number of benzene rings is 1. The molecule has 0 bridgehead atoms. The number of fused-ring (bicyclic) bond motifs is 1. The van der Waals surface area contributed by atoms with Crippen molar-refractivity contribution in [2.24, 2.45) is 0 Å². The Bertz CT molecular complexity index is 820. The summed E-state index contributed by atoms with van der Waals surface area (Å²) < 4.78 is 0. The van der Waals surface area contributed by atoms with E-state index in [4.69, 9.17) is 16.4 Å². The minimum absolute atomic E-state index is 0.113. The van der Waals surface area contributed by atoms with Crippen LogP contribution in [0.1, 0.15) is 34.7 Å². The largest absolute Gasteiger partial charge is 0.338 e. The Hall–Kier alpha value is -2.18. The molecule has 2 aromatic rings. The van der Waals surface area contributed by atoms with Crippen LogP contribution in [0.15, 0.2) is 24.4 Å². The average Bonchev–Trinajstić information content (AvgIpc) is 3.30. The van der Waals surface area contributed by atoms with Gasteiger partial charge in [0.2, 0.25) is 0 Å². The molecule has 4 rings (SSSR count). The summed E-state index contributed by atoms with van der Waals surface area (Å²) in [5.74, 6) is -0.186. The molecule has 0 spiro atoms. The van der Waals surface area contributed by atoms with E-state index in [0.29, 0.717) is 16.5 Å². The molecule has 2 aliphatic rings. The third-order valence-electron chi connectivity index (χ3n) is 4.12. The number of pyridine rings is 1. The van der Waals surface area contributed by atoms with Crippen LogP contribution in [-0.2, 0) is 9.63 Å². The fourth-order valence-corrected chi connectivity index (χ4v) is 3.01. The van der Waals surface area contributed by atoms with Crippen LogP contribution >= 0.6 is 11.6 Å². The zero-order valence-corrected chi connectivity index (χ0v) is 12.9. The van der Waals surface area contributed by atoms with Crippen LogP contribution in [0.25, 0.3) is 10.9 Å². The lowest BCUT2D eigenvalue weighted by atomic mass is 10.1. The minimum atomic E-state index is -0.681. The fraction of sp³-hybridized carbons (Fsp3) is 0.312. The third kappa shape index (κ3) is 2.75. The molecule has 2 fully saturated rings. The highest BCUT2D eigenvalue weighted by molar-refractivity contribution is 6.32. The maximum atomic E-state index is 12.2. The number of amides is 2. The number of rotatable bonds is 3. The Morgan fingerprint density at radius 3 is 2.87 bits per heavy atom. The van der Waals surface area contributed by atoms with Gasteiger partial charge in [-0.1, -0.05) is 11.6 Å². The van der Waals surface area contributed by atoms with Gasteiger partial charge in [-0.2, -0.15) is 0 Å². The molecule has 1 aliphatic heterocycles. The normalized spacial score (nSPS) is 20.6. The molecule has 1 aromatic carbocycles. The number of carbonyl (C=O) groups is 2. The van der Waals surface area contributed by atoms with Crippen molar-refractivity contribution in [3.8, 4) is 0 Å². The van der Waals surface area contributed by atoms with E-state index in [1.165, 1.54) is 6.20 Å². The Labute approximate surface area is 137 Å². The van der Waals surface area contributed by atoms with Gasteiger partial charge in [0.05, 0.1) is 11.1 Å². The summed E-state index contributed by atoms with van der Waals surface area (Å²) in [7, 11) is 0. The van der Waals surface area contributed by atoms with Crippen LogP contribution < -0.4 is 10.8 Å². The number of halogens is 1. The highest BCUT2D eigenvalue weighted by Gasteiger charge is 2.28. The lowest BCUT2D eigenvalue weighted by Gasteiger charge is -2.10. The zero-order valence-electron chi connectivity index (χ0n) is 12.1. The van der Waals surface area contributed by atoms with E-state index in [9.17, 15) is 9.59 Å². The molecule has 1 aromatic heterocycles. The van der Waals surface area contributed by atoms with Crippen LogP contribution in [0.2, 0.25) is 5.02 Å². The smallest absolute Gasteiger partial charge is 0.268 e. The number of aromatic nitrogens is 1. The Morgan fingerprint density at radius 1 is 1.35 bits per heavy atom. The molecule has 1 saturated heterocycles. The predicted molar refractivity (Wildman–Crippen MR) is 84.1 cm³/mol. The number of nitrogens with one attached hydrogen (secondary N) is 2. The van der Waals surface area contributed by atoms with Crippen molar-refractivity contribution in [1.82, 2.24) is 15.8 Å². The van der Waals surface area contributed by atoms with E-state index < -0.39 is 6.04 Å². The van der Waals surface area contributed by atoms with Crippen molar-refractivity contribution in [2.75, 3.05) is 6.61 Å². The molecule has 118 valence electrons. The van der Waals surface area contributed by atoms with Crippen LogP contribution in [0.3, 0.4) is 0 Å². The molecule has 1 aliphatic carbocycles. The lowest BCUT2D eigenvalue weighted by molar-refractivity contribution is -0.125. The number of hydroxylamine groups is 1. The molecule has 6 nitrogen and oxygen atoms in total. The second-order valence-corrected chi connectivity index (χ2v) is 6.28. The molecular formula is C16H14ClN3O3. The van der Waals surface area contributed by atoms with Crippen molar-refractivity contribution < 1.29 is 14.4 Å². The van der Waals surface area contributed by atoms with Gasteiger partial charge in [0.1, 0.15) is 12.6 Å². The summed E-state index contributed by atoms with van der Waals surface area (Å²) in [5, 5.41) is 4.13. The number of nitrogens with zero attached hydrogens (tertiary/aromatic N) is 1. The Balaban J connectivity index is 1.61. The molecule has 2 N–H and O–H groups in total. The summed E-state index contributed by atoms with van der Waals surface area (Å²) in [6.07, 6.45) is 3.84. The minimum Gasteiger partial charge on any atom is -0.338 e. The predicted octanol–water partition coefficient (Wildman–Crippen LogP) is 1.93. The maximum Gasteiger partial charge on any atom is 0.268 e. The van der Waals surface area contributed by atoms with Gasteiger partial charge in [-0.05, 0) is 42.5 Å². The van der Waals surface area contributed by atoms with Crippen molar-refractivity contribution in [1.29, 1.82) is 0 Å². The lowest BCUT2D eigenvalue weighted by Crippen LogP contribution is -2.41. The molecule has 2 heterocycles. The van der Waals surface area contributed by atoms with Gasteiger partial charge in [0, 0.05) is 16.6 Å². The third-order valence-corrected chi connectivity index (χ3v) is 4.45.